The summed E-state index contributed by atoms with van der Waals surface area (Å²) >= 11 is 0. The van der Waals surface area contributed by atoms with Gasteiger partial charge in [-0.2, -0.15) is 0 Å². The third-order valence-electron chi connectivity index (χ3n) is 5.99. The van der Waals surface area contributed by atoms with Gasteiger partial charge in [-0.15, -0.1) is 0 Å². The van der Waals surface area contributed by atoms with Crippen LogP contribution < -0.4 is 0 Å². The number of ether oxygens (including phenoxy) is 2. The summed E-state index contributed by atoms with van der Waals surface area (Å²) in [4.78, 5) is 13.9. The van der Waals surface area contributed by atoms with Crippen LogP contribution >= 0.6 is 0 Å². The van der Waals surface area contributed by atoms with Crippen molar-refractivity contribution in [2.45, 2.75) is 149 Å². The molecule has 0 N–H and O–H groups in total. The molecule has 1 aliphatic carbocycles. The highest BCUT2D eigenvalue weighted by Crippen LogP contribution is 2.33. The molecule has 1 aliphatic rings. The predicted octanol–water partition coefficient (Wildman–Crippen LogP) is 7.74. The van der Waals surface area contributed by atoms with E-state index in [0.29, 0.717) is 5.41 Å². The second kappa shape index (κ2) is 11.7. The zero-order valence-corrected chi connectivity index (χ0v) is 21.6. The van der Waals surface area contributed by atoms with Gasteiger partial charge >= 0.3 is 6.09 Å². The topological polar surface area (TPSA) is 38.8 Å². The van der Waals surface area contributed by atoms with Crippen LogP contribution in [0.5, 0.6) is 0 Å². The van der Waals surface area contributed by atoms with Gasteiger partial charge < -0.3 is 14.4 Å². The smallest absolute Gasteiger partial charge is 0.410 e. The first-order valence-corrected chi connectivity index (χ1v) is 12.3. The molecule has 0 unspecified atom stereocenters. The molecule has 30 heavy (non-hydrogen) atoms. The molecular formula is C26H51NO3. The van der Waals surface area contributed by atoms with E-state index in [1.807, 2.05) is 27.8 Å². The van der Waals surface area contributed by atoms with Crippen LogP contribution in [-0.2, 0) is 9.47 Å². The third kappa shape index (κ3) is 12.2. The summed E-state index contributed by atoms with van der Waals surface area (Å²) in [6.07, 6.45) is 13.7. The van der Waals surface area contributed by atoms with Crippen LogP contribution in [0.2, 0.25) is 0 Å². The van der Waals surface area contributed by atoms with Gasteiger partial charge in [0.25, 0.3) is 0 Å². The number of carbonyl (C=O) groups is 1. The number of unbranched alkanes of at least 4 members (excludes halogenated alkanes) is 6. The summed E-state index contributed by atoms with van der Waals surface area (Å²) < 4.78 is 11.8. The van der Waals surface area contributed by atoms with Gasteiger partial charge in [-0.3, -0.25) is 0 Å². The Bertz CT molecular complexity index is 495. The Morgan fingerprint density at radius 2 is 1.27 bits per heavy atom. The summed E-state index contributed by atoms with van der Waals surface area (Å²) in [5, 5.41) is 0. The Balaban J connectivity index is 2.10. The summed E-state index contributed by atoms with van der Waals surface area (Å²) in [6.45, 7) is 17.1. The molecule has 1 fully saturated rings. The van der Waals surface area contributed by atoms with E-state index in [-0.39, 0.29) is 23.8 Å². The van der Waals surface area contributed by atoms with Crippen LogP contribution in [0.15, 0.2) is 0 Å². The lowest BCUT2D eigenvalue weighted by atomic mass is 9.87. The fraction of sp³-hybridized carbons (Fsp3) is 0.962. The molecule has 0 aromatic carbocycles. The molecule has 1 saturated carbocycles. The molecule has 4 nitrogen and oxygen atoms in total. The van der Waals surface area contributed by atoms with Gasteiger partial charge in [0.05, 0.1) is 11.7 Å². The highest BCUT2D eigenvalue weighted by atomic mass is 16.6. The molecule has 0 aromatic heterocycles. The van der Waals surface area contributed by atoms with E-state index < -0.39 is 5.60 Å². The average molecular weight is 426 g/mol. The van der Waals surface area contributed by atoms with Crippen LogP contribution in [0, 0.1) is 5.41 Å². The largest absolute Gasteiger partial charge is 0.444 e. The number of hydrogen-bond donors (Lipinski definition) is 0. The maximum absolute atomic E-state index is 12.2. The molecule has 0 bridgehead atoms. The highest BCUT2D eigenvalue weighted by Gasteiger charge is 2.39. The number of nitrogens with zero attached hydrogens (tertiary/aromatic N) is 1. The van der Waals surface area contributed by atoms with Crippen LogP contribution in [0.25, 0.3) is 0 Å². The van der Waals surface area contributed by atoms with Crippen molar-refractivity contribution in [1.29, 1.82) is 0 Å². The van der Waals surface area contributed by atoms with Crippen LogP contribution in [0.1, 0.15) is 126 Å². The molecule has 0 aliphatic heterocycles. The van der Waals surface area contributed by atoms with Crippen molar-refractivity contribution in [3.63, 3.8) is 0 Å². The standard InChI is InChI=1S/C26H51NO3/c1-24(2,3)17-15-13-11-10-12-14-16-18-26(7,8)29-22-19-21(20-22)27(9)23(28)30-25(4,5)6/h21-22H,10-20H2,1-9H3. The Labute approximate surface area is 187 Å². The zero-order valence-electron chi connectivity index (χ0n) is 21.6. The molecule has 1 amide bonds. The van der Waals surface area contributed by atoms with Crippen LogP contribution in [-0.4, -0.2) is 41.4 Å². The monoisotopic (exact) mass is 425 g/mol. The molecular weight excluding hydrogens is 374 g/mol. The Morgan fingerprint density at radius 1 is 0.800 bits per heavy atom. The Morgan fingerprint density at radius 3 is 1.73 bits per heavy atom. The normalized spacial score (nSPS) is 20.0. The predicted molar refractivity (Wildman–Crippen MR) is 127 cm³/mol. The van der Waals surface area contributed by atoms with Crippen molar-refractivity contribution in [2.75, 3.05) is 7.05 Å². The summed E-state index contributed by atoms with van der Waals surface area (Å²) in [7, 11) is 1.84. The summed E-state index contributed by atoms with van der Waals surface area (Å²) in [5.74, 6) is 0. The van der Waals surface area contributed by atoms with E-state index in [1.165, 1.54) is 51.4 Å². The summed E-state index contributed by atoms with van der Waals surface area (Å²) in [5.41, 5.74) is -0.0383. The van der Waals surface area contributed by atoms with E-state index >= 15 is 0 Å². The molecule has 178 valence electrons. The quantitative estimate of drug-likeness (QED) is 0.300. The van der Waals surface area contributed by atoms with Crippen molar-refractivity contribution < 1.29 is 14.3 Å². The molecule has 0 atom stereocenters. The van der Waals surface area contributed by atoms with E-state index in [0.717, 1.165) is 19.3 Å². The lowest BCUT2D eigenvalue weighted by Gasteiger charge is -2.44. The van der Waals surface area contributed by atoms with Crippen molar-refractivity contribution in [3.8, 4) is 0 Å². The average Bonchev–Trinajstić information content (AvgIpc) is 2.53. The van der Waals surface area contributed by atoms with Crippen LogP contribution in [0.4, 0.5) is 4.79 Å². The Hall–Kier alpha value is -0.770. The minimum Gasteiger partial charge on any atom is -0.444 e. The molecule has 0 radical (unpaired) electrons. The van der Waals surface area contributed by atoms with Crippen molar-refractivity contribution in [2.24, 2.45) is 5.41 Å². The van der Waals surface area contributed by atoms with Gasteiger partial charge in [-0.25, -0.2) is 4.79 Å². The lowest BCUT2D eigenvalue weighted by Crippen LogP contribution is -2.51. The maximum Gasteiger partial charge on any atom is 0.410 e. The van der Waals surface area contributed by atoms with Gasteiger partial charge in [-0.05, 0) is 65.7 Å². The molecule has 1 rings (SSSR count). The number of carbonyl (C=O) groups excluding carboxylic acids is 1. The second-order valence-corrected chi connectivity index (χ2v) is 12.3. The highest BCUT2D eigenvalue weighted by molar-refractivity contribution is 5.68. The van der Waals surface area contributed by atoms with E-state index in [4.69, 9.17) is 9.47 Å². The van der Waals surface area contributed by atoms with E-state index in [2.05, 4.69) is 34.6 Å². The maximum atomic E-state index is 12.2. The molecule has 0 saturated heterocycles. The SMILES string of the molecule is CN(C(=O)OC(C)(C)C)C1CC(OC(C)(C)CCCCCCCCCC(C)(C)C)C1. The fourth-order valence-corrected chi connectivity index (χ4v) is 4.03. The first-order valence-electron chi connectivity index (χ1n) is 12.3. The summed E-state index contributed by atoms with van der Waals surface area (Å²) in [6, 6.07) is 0.235. The van der Waals surface area contributed by atoms with Crippen molar-refractivity contribution in [1.82, 2.24) is 4.90 Å². The zero-order chi connectivity index (χ0) is 23.0. The van der Waals surface area contributed by atoms with Gasteiger partial charge in [0.1, 0.15) is 5.60 Å². The van der Waals surface area contributed by atoms with Gasteiger partial charge in [0.15, 0.2) is 0 Å². The number of rotatable bonds is 12. The third-order valence-corrected chi connectivity index (χ3v) is 5.99. The van der Waals surface area contributed by atoms with Gasteiger partial charge in [0, 0.05) is 13.1 Å². The number of hydrogen-bond acceptors (Lipinski definition) is 3. The lowest BCUT2D eigenvalue weighted by molar-refractivity contribution is -0.128. The second-order valence-electron chi connectivity index (χ2n) is 12.3. The van der Waals surface area contributed by atoms with Crippen LogP contribution in [0.3, 0.4) is 0 Å². The molecule has 0 heterocycles. The van der Waals surface area contributed by atoms with E-state index in [9.17, 15) is 4.79 Å². The van der Waals surface area contributed by atoms with Crippen molar-refractivity contribution >= 4 is 6.09 Å². The minimum absolute atomic E-state index is 0.0766. The molecule has 4 heteroatoms. The first-order chi connectivity index (χ1) is 13.7. The number of amides is 1. The first kappa shape index (κ1) is 27.3. The molecule has 0 spiro atoms. The van der Waals surface area contributed by atoms with Crippen molar-refractivity contribution in [3.05, 3.63) is 0 Å². The van der Waals surface area contributed by atoms with Gasteiger partial charge in [-0.1, -0.05) is 65.7 Å². The minimum atomic E-state index is -0.445. The van der Waals surface area contributed by atoms with Gasteiger partial charge in [0.2, 0.25) is 0 Å². The fourth-order valence-electron chi connectivity index (χ4n) is 4.03. The van der Waals surface area contributed by atoms with E-state index in [1.54, 1.807) is 4.90 Å². The Kier molecular flexibility index (Phi) is 10.7. The molecule has 0 aromatic rings.